The molecular formula is C8H13F3N2O4. The third-order valence-electron chi connectivity index (χ3n) is 1.73. The van der Waals surface area contributed by atoms with Crippen LogP contribution in [0.2, 0.25) is 0 Å². The molecule has 2 atom stereocenters. The van der Waals surface area contributed by atoms with E-state index in [1.54, 1.807) is 0 Å². The first-order valence-electron chi connectivity index (χ1n) is 4.65. The van der Waals surface area contributed by atoms with E-state index in [4.69, 9.17) is 10.2 Å². The number of rotatable bonds is 5. The molecule has 0 bridgehead atoms. The standard InChI is InChI=1S/C8H13F3N2O4/c1-4(14)5(6(15)16)13-7(17)12-3-2-8(9,10)11/h4-5,14H,2-3H2,1H3,(H,15,16)(H2,12,13,17)/t4-,5+/m1/s1. The van der Waals surface area contributed by atoms with E-state index in [0.29, 0.717) is 0 Å². The third-order valence-corrected chi connectivity index (χ3v) is 1.73. The zero-order valence-electron chi connectivity index (χ0n) is 8.91. The van der Waals surface area contributed by atoms with Gasteiger partial charge in [-0.1, -0.05) is 0 Å². The number of aliphatic hydroxyl groups is 1. The lowest BCUT2D eigenvalue weighted by Crippen LogP contribution is -2.51. The van der Waals surface area contributed by atoms with Crippen molar-refractivity contribution in [1.82, 2.24) is 10.6 Å². The summed E-state index contributed by atoms with van der Waals surface area (Å²) in [5.41, 5.74) is 0. The fourth-order valence-electron chi connectivity index (χ4n) is 0.899. The number of aliphatic hydroxyl groups excluding tert-OH is 1. The van der Waals surface area contributed by atoms with Gasteiger partial charge in [0.25, 0.3) is 0 Å². The predicted molar refractivity (Wildman–Crippen MR) is 50.3 cm³/mol. The van der Waals surface area contributed by atoms with Crippen molar-refractivity contribution in [3.05, 3.63) is 0 Å². The molecule has 0 rings (SSSR count). The van der Waals surface area contributed by atoms with Gasteiger partial charge >= 0.3 is 18.2 Å². The molecule has 100 valence electrons. The normalized spacial score (nSPS) is 14.9. The molecule has 0 unspecified atom stereocenters. The molecule has 9 heteroatoms. The second-order valence-corrected chi connectivity index (χ2v) is 3.32. The van der Waals surface area contributed by atoms with Crippen molar-refractivity contribution < 1.29 is 33.0 Å². The van der Waals surface area contributed by atoms with Crippen LogP contribution in [0.15, 0.2) is 0 Å². The van der Waals surface area contributed by atoms with Gasteiger partial charge in [0.15, 0.2) is 6.04 Å². The number of urea groups is 1. The quantitative estimate of drug-likeness (QED) is 0.561. The summed E-state index contributed by atoms with van der Waals surface area (Å²) in [6.45, 7) is 0.469. The average Bonchev–Trinajstić information content (AvgIpc) is 2.10. The van der Waals surface area contributed by atoms with Crippen molar-refractivity contribution in [1.29, 1.82) is 0 Å². The Labute approximate surface area is 94.8 Å². The molecule has 0 heterocycles. The summed E-state index contributed by atoms with van der Waals surface area (Å²) in [6.07, 6.45) is -6.97. The van der Waals surface area contributed by atoms with E-state index in [-0.39, 0.29) is 0 Å². The molecule has 4 N–H and O–H groups in total. The molecule has 0 aliphatic heterocycles. The Balaban J connectivity index is 4.04. The molecule has 0 radical (unpaired) electrons. The molecule has 0 saturated heterocycles. The smallest absolute Gasteiger partial charge is 0.390 e. The molecule has 17 heavy (non-hydrogen) atoms. The van der Waals surface area contributed by atoms with Gasteiger partial charge in [0.2, 0.25) is 0 Å². The van der Waals surface area contributed by atoms with Crippen molar-refractivity contribution in [2.45, 2.75) is 31.7 Å². The maximum atomic E-state index is 11.7. The molecule has 6 nitrogen and oxygen atoms in total. The van der Waals surface area contributed by atoms with E-state index < -0.39 is 43.3 Å². The molecule has 2 amide bonds. The Morgan fingerprint density at radius 3 is 2.24 bits per heavy atom. The first kappa shape index (κ1) is 15.5. The highest BCUT2D eigenvalue weighted by molar-refractivity contribution is 5.82. The Kier molecular flexibility index (Phi) is 5.72. The largest absolute Gasteiger partial charge is 0.480 e. The first-order chi connectivity index (χ1) is 7.63. The maximum absolute atomic E-state index is 11.7. The molecule has 0 spiro atoms. The number of hydrogen-bond acceptors (Lipinski definition) is 3. The molecule has 0 aliphatic carbocycles. The van der Waals surface area contributed by atoms with Crippen LogP contribution < -0.4 is 10.6 Å². The third kappa shape index (κ3) is 7.39. The Morgan fingerprint density at radius 1 is 1.35 bits per heavy atom. The van der Waals surface area contributed by atoms with Crippen molar-refractivity contribution in [3.63, 3.8) is 0 Å². The van der Waals surface area contributed by atoms with Gasteiger partial charge in [0, 0.05) is 6.54 Å². The highest BCUT2D eigenvalue weighted by Gasteiger charge is 2.28. The van der Waals surface area contributed by atoms with Gasteiger partial charge in [-0.05, 0) is 6.92 Å². The van der Waals surface area contributed by atoms with Crippen molar-refractivity contribution in [2.75, 3.05) is 6.54 Å². The topological polar surface area (TPSA) is 98.7 Å². The molecule has 0 fully saturated rings. The number of amides is 2. The summed E-state index contributed by atoms with van der Waals surface area (Å²) in [4.78, 5) is 21.5. The Morgan fingerprint density at radius 2 is 1.88 bits per heavy atom. The van der Waals surface area contributed by atoms with Gasteiger partial charge in [0.05, 0.1) is 12.5 Å². The first-order valence-corrected chi connectivity index (χ1v) is 4.65. The summed E-state index contributed by atoms with van der Waals surface area (Å²) in [7, 11) is 0. The van der Waals surface area contributed by atoms with Crippen LogP contribution in [0.25, 0.3) is 0 Å². The number of alkyl halides is 3. The van der Waals surface area contributed by atoms with Gasteiger partial charge < -0.3 is 20.8 Å². The van der Waals surface area contributed by atoms with Crippen LogP contribution in [-0.2, 0) is 4.79 Å². The SMILES string of the molecule is C[C@@H](O)[C@H](NC(=O)NCCC(F)(F)F)C(=O)O. The van der Waals surface area contributed by atoms with Crippen LogP contribution in [0.5, 0.6) is 0 Å². The van der Waals surface area contributed by atoms with E-state index in [2.05, 4.69) is 0 Å². The van der Waals surface area contributed by atoms with Crippen molar-refractivity contribution >= 4 is 12.0 Å². The van der Waals surface area contributed by atoms with Crippen LogP contribution in [0.4, 0.5) is 18.0 Å². The minimum atomic E-state index is -4.40. The monoisotopic (exact) mass is 258 g/mol. The number of carbonyl (C=O) groups is 2. The lowest BCUT2D eigenvalue weighted by molar-refractivity contribution is -0.142. The van der Waals surface area contributed by atoms with Gasteiger partial charge in [-0.15, -0.1) is 0 Å². The van der Waals surface area contributed by atoms with E-state index in [9.17, 15) is 22.8 Å². The van der Waals surface area contributed by atoms with E-state index in [1.165, 1.54) is 0 Å². The highest BCUT2D eigenvalue weighted by Crippen LogP contribution is 2.17. The summed E-state index contributed by atoms with van der Waals surface area (Å²) in [5.74, 6) is -1.48. The van der Waals surface area contributed by atoms with Crippen LogP contribution in [0.1, 0.15) is 13.3 Å². The van der Waals surface area contributed by atoms with Gasteiger partial charge in [-0.3, -0.25) is 0 Å². The van der Waals surface area contributed by atoms with Crippen LogP contribution >= 0.6 is 0 Å². The summed E-state index contributed by atoms with van der Waals surface area (Å²) in [5, 5.41) is 21.2. The van der Waals surface area contributed by atoms with Crippen LogP contribution in [0, 0.1) is 0 Å². The lowest BCUT2D eigenvalue weighted by atomic mass is 10.2. The minimum Gasteiger partial charge on any atom is -0.480 e. The summed E-state index contributed by atoms with van der Waals surface area (Å²) in [6, 6.07) is -2.65. The maximum Gasteiger partial charge on any atom is 0.390 e. The zero-order valence-corrected chi connectivity index (χ0v) is 8.91. The number of halogens is 3. The van der Waals surface area contributed by atoms with Crippen LogP contribution in [0.3, 0.4) is 0 Å². The Bertz CT molecular complexity index is 280. The second kappa shape index (κ2) is 6.28. The lowest BCUT2D eigenvalue weighted by Gasteiger charge is -2.17. The predicted octanol–water partition coefficient (Wildman–Crippen LogP) is 0.0720. The molecule has 0 aromatic carbocycles. The number of carbonyl (C=O) groups excluding carboxylic acids is 1. The summed E-state index contributed by atoms with van der Waals surface area (Å²) < 4.78 is 35.2. The number of carboxylic acid groups (broad SMARTS) is 1. The fraction of sp³-hybridized carbons (Fsp3) is 0.750. The van der Waals surface area contributed by atoms with Crippen molar-refractivity contribution in [3.8, 4) is 0 Å². The fourth-order valence-corrected chi connectivity index (χ4v) is 0.899. The van der Waals surface area contributed by atoms with E-state index in [0.717, 1.165) is 6.92 Å². The Hall–Kier alpha value is -1.51. The molecular weight excluding hydrogens is 245 g/mol. The van der Waals surface area contributed by atoms with Gasteiger partial charge in [-0.2, -0.15) is 13.2 Å². The summed E-state index contributed by atoms with van der Waals surface area (Å²) >= 11 is 0. The van der Waals surface area contributed by atoms with E-state index in [1.807, 2.05) is 10.6 Å². The van der Waals surface area contributed by atoms with E-state index >= 15 is 0 Å². The molecule has 0 aromatic rings. The number of nitrogens with one attached hydrogen (secondary N) is 2. The molecule has 0 aliphatic rings. The number of carboxylic acids is 1. The van der Waals surface area contributed by atoms with Crippen molar-refractivity contribution in [2.24, 2.45) is 0 Å². The zero-order chi connectivity index (χ0) is 13.6. The van der Waals surface area contributed by atoms with Crippen LogP contribution in [-0.4, -0.2) is 47.1 Å². The molecule has 0 saturated carbocycles. The second-order valence-electron chi connectivity index (χ2n) is 3.32. The molecule has 0 aromatic heterocycles. The minimum absolute atomic E-state index is 0.665. The van der Waals surface area contributed by atoms with Gasteiger partial charge in [-0.25, -0.2) is 9.59 Å². The highest BCUT2D eigenvalue weighted by atomic mass is 19.4. The number of aliphatic carboxylic acids is 1. The number of hydrogen-bond donors (Lipinski definition) is 4. The average molecular weight is 258 g/mol. The van der Waals surface area contributed by atoms with Gasteiger partial charge in [0.1, 0.15) is 0 Å².